The van der Waals surface area contributed by atoms with Crippen molar-refractivity contribution in [1.29, 1.82) is 0 Å². The first-order valence-corrected chi connectivity index (χ1v) is 9.24. The van der Waals surface area contributed by atoms with E-state index < -0.39 is 0 Å². The molecule has 0 aromatic carbocycles. The van der Waals surface area contributed by atoms with Gasteiger partial charge < -0.3 is 9.64 Å². The molecule has 5 nitrogen and oxygen atoms in total. The van der Waals surface area contributed by atoms with Crippen LogP contribution in [-0.4, -0.2) is 59.8 Å². The van der Waals surface area contributed by atoms with Gasteiger partial charge in [0.2, 0.25) is 5.95 Å². The molecule has 132 valence electrons. The van der Waals surface area contributed by atoms with E-state index in [9.17, 15) is 4.39 Å². The van der Waals surface area contributed by atoms with Crippen LogP contribution in [0, 0.1) is 17.7 Å². The minimum Gasteiger partial charge on any atom is -0.381 e. The first kappa shape index (κ1) is 16.2. The van der Waals surface area contributed by atoms with Gasteiger partial charge in [0.05, 0.1) is 17.9 Å². The maximum Gasteiger partial charge on any atom is 0.225 e. The zero-order valence-electron chi connectivity index (χ0n) is 14.5. The number of likely N-dealkylation sites (tertiary alicyclic amines) is 1. The van der Waals surface area contributed by atoms with Crippen LogP contribution in [0.15, 0.2) is 12.4 Å². The second-order valence-corrected chi connectivity index (χ2v) is 7.69. The van der Waals surface area contributed by atoms with Gasteiger partial charge in [0.15, 0.2) is 5.82 Å². The fraction of sp³-hybridized carbons (Fsp3) is 0.778. The predicted octanol–water partition coefficient (Wildman–Crippen LogP) is 2.33. The summed E-state index contributed by atoms with van der Waals surface area (Å²) in [6.45, 7) is 8.05. The lowest BCUT2D eigenvalue weighted by atomic mass is 9.75. The van der Waals surface area contributed by atoms with Crippen LogP contribution in [0.25, 0.3) is 0 Å². The van der Waals surface area contributed by atoms with Crippen molar-refractivity contribution in [2.75, 3.05) is 44.3 Å². The SMILES string of the molecule is CCOC[C@H]1CCN(CC2CC2)C2(C1)CN(c1ncc(F)cn1)C2. The number of piperidine rings is 1. The molecule has 2 saturated heterocycles. The normalized spacial score (nSPS) is 26.6. The molecule has 0 radical (unpaired) electrons. The van der Waals surface area contributed by atoms with E-state index in [4.69, 9.17) is 4.74 Å². The van der Waals surface area contributed by atoms with Crippen LogP contribution in [0.2, 0.25) is 0 Å². The van der Waals surface area contributed by atoms with Gasteiger partial charge in [-0.3, -0.25) is 4.90 Å². The van der Waals surface area contributed by atoms with Gasteiger partial charge >= 0.3 is 0 Å². The van der Waals surface area contributed by atoms with Crippen LogP contribution in [0.4, 0.5) is 10.3 Å². The smallest absolute Gasteiger partial charge is 0.225 e. The molecule has 2 aliphatic heterocycles. The van der Waals surface area contributed by atoms with E-state index in [1.165, 1.54) is 51.2 Å². The summed E-state index contributed by atoms with van der Waals surface area (Å²) in [6, 6.07) is 0. The number of aromatic nitrogens is 2. The fourth-order valence-corrected chi connectivity index (χ4v) is 4.27. The molecule has 1 aliphatic carbocycles. The van der Waals surface area contributed by atoms with Crippen LogP contribution < -0.4 is 4.90 Å². The number of rotatable bonds is 6. The van der Waals surface area contributed by atoms with Gasteiger partial charge in [-0.1, -0.05) is 0 Å². The van der Waals surface area contributed by atoms with Crippen molar-refractivity contribution in [3.05, 3.63) is 18.2 Å². The zero-order chi connectivity index (χ0) is 16.6. The number of nitrogens with zero attached hydrogens (tertiary/aromatic N) is 4. The van der Waals surface area contributed by atoms with Gasteiger partial charge in [-0.05, 0) is 51.0 Å². The van der Waals surface area contributed by atoms with Crippen LogP contribution in [0.5, 0.6) is 0 Å². The number of hydrogen-bond acceptors (Lipinski definition) is 5. The Kier molecular flexibility index (Phi) is 4.43. The van der Waals surface area contributed by atoms with Crippen molar-refractivity contribution in [2.24, 2.45) is 11.8 Å². The molecule has 1 aromatic heterocycles. The Hall–Kier alpha value is -1.27. The molecule has 1 atom stereocenters. The predicted molar refractivity (Wildman–Crippen MR) is 90.4 cm³/mol. The average Bonchev–Trinajstić information content (AvgIpc) is 3.37. The maximum absolute atomic E-state index is 13.0. The lowest BCUT2D eigenvalue weighted by Gasteiger charge is -2.59. The molecular formula is C18H27FN4O. The maximum atomic E-state index is 13.0. The number of ether oxygens (including phenoxy) is 1. The molecule has 1 aromatic rings. The van der Waals surface area contributed by atoms with Gasteiger partial charge in [0.25, 0.3) is 0 Å². The van der Waals surface area contributed by atoms with Gasteiger partial charge in [-0.25, -0.2) is 14.4 Å². The summed E-state index contributed by atoms with van der Waals surface area (Å²) in [5.74, 6) is 1.83. The van der Waals surface area contributed by atoms with E-state index in [1.807, 2.05) is 0 Å². The summed E-state index contributed by atoms with van der Waals surface area (Å²) in [5, 5.41) is 0. The molecule has 6 heteroatoms. The zero-order valence-corrected chi connectivity index (χ0v) is 14.5. The van der Waals surface area contributed by atoms with E-state index >= 15 is 0 Å². The van der Waals surface area contributed by atoms with Crippen LogP contribution in [0.3, 0.4) is 0 Å². The van der Waals surface area contributed by atoms with Gasteiger partial charge in [0, 0.05) is 32.8 Å². The Morgan fingerprint density at radius 3 is 2.62 bits per heavy atom. The van der Waals surface area contributed by atoms with Crippen LogP contribution >= 0.6 is 0 Å². The lowest BCUT2D eigenvalue weighted by Crippen LogP contribution is -2.73. The van der Waals surface area contributed by atoms with E-state index in [2.05, 4.69) is 26.7 Å². The monoisotopic (exact) mass is 334 g/mol. The minimum absolute atomic E-state index is 0.236. The molecule has 1 saturated carbocycles. The summed E-state index contributed by atoms with van der Waals surface area (Å²) < 4.78 is 18.7. The van der Waals surface area contributed by atoms with Crippen LogP contribution in [-0.2, 0) is 4.74 Å². The molecule has 24 heavy (non-hydrogen) atoms. The highest BCUT2D eigenvalue weighted by Crippen LogP contribution is 2.43. The quantitative estimate of drug-likeness (QED) is 0.799. The lowest BCUT2D eigenvalue weighted by molar-refractivity contribution is -0.0284. The van der Waals surface area contributed by atoms with Crippen molar-refractivity contribution in [3.8, 4) is 0 Å². The fourth-order valence-electron chi connectivity index (χ4n) is 4.27. The number of anilines is 1. The molecule has 0 amide bonds. The molecule has 0 unspecified atom stereocenters. The van der Waals surface area contributed by atoms with E-state index in [0.717, 1.165) is 32.2 Å². The van der Waals surface area contributed by atoms with Crippen molar-refractivity contribution in [3.63, 3.8) is 0 Å². The van der Waals surface area contributed by atoms with Crippen LogP contribution in [0.1, 0.15) is 32.6 Å². The van der Waals surface area contributed by atoms with Crippen molar-refractivity contribution >= 4 is 5.95 Å². The van der Waals surface area contributed by atoms with E-state index in [0.29, 0.717) is 11.9 Å². The third kappa shape index (κ3) is 3.26. The Labute approximate surface area is 143 Å². The van der Waals surface area contributed by atoms with Crippen molar-refractivity contribution < 1.29 is 9.13 Å². The standard InChI is InChI=1S/C18H27FN4O/c1-2-24-11-15-5-6-23(10-14-3-4-14)18(7-15)12-22(13-18)17-20-8-16(19)9-21-17/h8-9,14-15H,2-7,10-13H2,1H3/t15-/m0/s1. The minimum atomic E-state index is -0.376. The highest BCUT2D eigenvalue weighted by atomic mass is 19.1. The molecule has 0 bridgehead atoms. The molecule has 3 fully saturated rings. The summed E-state index contributed by atoms with van der Waals surface area (Å²) in [7, 11) is 0. The topological polar surface area (TPSA) is 41.5 Å². The second kappa shape index (κ2) is 6.56. The van der Waals surface area contributed by atoms with Gasteiger partial charge in [-0.2, -0.15) is 0 Å². The van der Waals surface area contributed by atoms with Crippen molar-refractivity contribution in [1.82, 2.24) is 14.9 Å². The van der Waals surface area contributed by atoms with Crippen molar-refractivity contribution in [2.45, 2.75) is 38.1 Å². The number of hydrogen-bond donors (Lipinski definition) is 0. The summed E-state index contributed by atoms with van der Waals surface area (Å²) in [4.78, 5) is 13.2. The first-order valence-electron chi connectivity index (χ1n) is 9.24. The number of halogens is 1. The van der Waals surface area contributed by atoms with Gasteiger partial charge in [-0.15, -0.1) is 0 Å². The first-order chi connectivity index (χ1) is 11.7. The Balaban J connectivity index is 1.43. The average molecular weight is 334 g/mol. The highest BCUT2D eigenvalue weighted by Gasteiger charge is 2.52. The Morgan fingerprint density at radius 2 is 1.96 bits per heavy atom. The molecule has 3 heterocycles. The molecule has 4 rings (SSSR count). The second-order valence-electron chi connectivity index (χ2n) is 7.69. The molecule has 0 N–H and O–H groups in total. The summed E-state index contributed by atoms with van der Waals surface area (Å²) in [5.41, 5.74) is 0.236. The highest BCUT2D eigenvalue weighted by molar-refractivity contribution is 5.38. The van der Waals surface area contributed by atoms with E-state index in [-0.39, 0.29) is 11.4 Å². The molecule has 3 aliphatic rings. The summed E-state index contributed by atoms with van der Waals surface area (Å²) >= 11 is 0. The summed E-state index contributed by atoms with van der Waals surface area (Å²) in [6.07, 6.45) is 7.72. The molecule has 1 spiro atoms. The third-order valence-electron chi connectivity index (χ3n) is 5.74. The third-order valence-corrected chi connectivity index (χ3v) is 5.74. The van der Waals surface area contributed by atoms with Gasteiger partial charge in [0.1, 0.15) is 0 Å². The Bertz CT molecular complexity index is 557. The largest absolute Gasteiger partial charge is 0.381 e. The molecular weight excluding hydrogens is 307 g/mol. The Morgan fingerprint density at radius 1 is 1.21 bits per heavy atom. The van der Waals surface area contributed by atoms with E-state index in [1.54, 1.807) is 0 Å².